The largest absolute Gasteiger partial charge is 0.370 e. The molecule has 0 aliphatic carbocycles. The van der Waals surface area contributed by atoms with Crippen LogP contribution < -0.4 is 5.32 Å². The summed E-state index contributed by atoms with van der Waals surface area (Å²) < 4.78 is 1.06. The molecule has 0 atom stereocenters. The minimum Gasteiger partial charge on any atom is -0.370 e. The molecule has 0 aliphatic rings. The van der Waals surface area contributed by atoms with Crippen molar-refractivity contribution in [2.45, 2.75) is 33.6 Å². The second-order valence-corrected chi connectivity index (χ2v) is 6.12. The molecule has 2 aromatic heterocycles. The Morgan fingerprint density at radius 1 is 1.32 bits per heavy atom. The maximum absolute atomic E-state index is 4.69. The first-order valence-electron chi connectivity index (χ1n) is 6.52. The average molecular weight is 340 g/mol. The van der Waals surface area contributed by atoms with Crippen LogP contribution in [0.1, 0.15) is 31.5 Å². The predicted molar refractivity (Wildman–Crippen MR) is 85.9 cm³/mol. The predicted octanol–water partition coefficient (Wildman–Crippen LogP) is 4.66. The molecule has 19 heavy (non-hydrogen) atoms. The van der Waals surface area contributed by atoms with Crippen molar-refractivity contribution >= 4 is 33.1 Å². The highest BCUT2D eigenvalue weighted by atomic mass is 79.9. The molecule has 0 bridgehead atoms. The molecule has 2 aromatic rings. The van der Waals surface area contributed by atoms with Crippen molar-refractivity contribution in [1.29, 1.82) is 0 Å². The number of thiophene rings is 1. The van der Waals surface area contributed by atoms with E-state index >= 15 is 0 Å². The molecule has 5 heteroatoms. The maximum atomic E-state index is 4.69. The summed E-state index contributed by atoms with van der Waals surface area (Å²) in [5.74, 6) is 1.77. The lowest BCUT2D eigenvalue weighted by Gasteiger charge is -2.12. The molecule has 3 nitrogen and oxygen atoms in total. The molecule has 102 valence electrons. The Hall–Kier alpha value is -0.940. The van der Waals surface area contributed by atoms with Crippen molar-refractivity contribution < 1.29 is 0 Å². The van der Waals surface area contributed by atoms with E-state index in [1.807, 2.05) is 11.4 Å². The SMILES string of the molecule is CCCNc1nc(-c2sccc2Br)nc(CC)c1C. The highest BCUT2D eigenvalue weighted by molar-refractivity contribution is 9.10. The fraction of sp³-hybridized carbons (Fsp3) is 0.429. The number of nitrogens with one attached hydrogen (secondary N) is 1. The Morgan fingerprint density at radius 2 is 2.11 bits per heavy atom. The van der Waals surface area contributed by atoms with Crippen molar-refractivity contribution in [3.05, 3.63) is 27.2 Å². The van der Waals surface area contributed by atoms with Crippen molar-refractivity contribution in [2.24, 2.45) is 0 Å². The van der Waals surface area contributed by atoms with Crippen LogP contribution in [0.25, 0.3) is 10.7 Å². The third-order valence-corrected chi connectivity index (χ3v) is 4.78. The number of hydrogen-bond acceptors (Lipinski definition) is 4. The van der Waals surface area contributed by atoms with Gasteiger partial charge in [0, 0.05) is 22.3 Å². The molecule has 2 rings (SSSR count). The average Bonchev–Trinajstić information content (AvgIpc) is 2.84. The Kier molecular flexibility index (Phi) is 4.93. The second kappa shape index (κ2) is 6.48. The molecular weight excluding hydrogens is 322 g/mol. The lowest BCUT2D eigenvalue weighted by atomic mass is 10.2. The Labute approximate surface area is 126 Å². The van der Waals surface area contributed by atoms with Gasteiger partial charge in [0.15, 0.2) is 5.82 Å². The van der Waals surface area contributed by atoms with Crippen molar-refractivity contribution in [2.75, 3.05) is 11.9 Å². The van der Waals surface area contributed by atoms with Gasteiger partial charge in [-0.3, -0.25) is 0 Å². The summed E-state index contributed by atoms with van der Waals surface area (Å²) >= 11 is 5.22. The van der Waals surface area contributed by atoms with Crippen LogP contribution in [0.4, 0.5) is 5.82 Å². The minimum atomic E-state index is 0.808. The quantitative estimate of drug-likeness (QED) is 0.860. The summed E-state index contributed by atoms with van der Waals surface area (Å²) in [6.45, 7) is 7.31. The van der Waals surface area contributed by atoms with E-state index in [-0.39, 0.29) is 0 Å². The third kappa shape index (κ3) is 3.15. The van der Waals surface area contributed by atoms with Gasteiger partial charge in [-0.15, -0.1) is 11.3 Å². The lowest BCUT2D eigenvalue weighted by molar-refractivity contribution is 0.937. The van der Waals surface area contributed by atoms with Gasteiger partial charge in [0.25, 0.3) is 0 Å². The fourth-order valence-electron chi connectivity index (χ4n) is 1.88. The number of aryl methyl sites for hydroxylation is 1. The fourth-order valence-corrected chi connectivity index (χ4v) is 3.36. The second-order valence-electron chi connectivity index (χ2n) is 4.35. The first kappa shape index (κ1) is 14.5. The Balaban J connectivity index is 2.47. The summed E-state index contributed by atoms with van der Waals surface area (Å²) in [5, 5.41) is 5.45. The molecule has 0 saturated heterocycles. The van der Waals surface area contributed by atoms with Gasteiger partial charge < -0.3 is 5.32 Å². The number of rotatable bonds is 5. The van der Waals surface area contributed by atoms with E-state index in [9.17, 15) is 0 Å². The molecule has 0 aromatic carbocycles. The normalized spacial score (nSPS) is 10.7. The number of nitrogens with zero attached hydrogens (tertiary/aromatic N) is 2. The highest BCUT2D eigenvalue weighted by Gasteiger charge is 2.13. The van der Waals surface area contributed by atoms with Crippen LogP contribution in [0.15, 0.2) is 15.9 Å². The topological polar surface area (TPSA) is 37.8 Å². The molecular formula is C14H18BrN3S. The Bertz CT molecular complexity index is 566. The minimum absolute atomic E-state index is 0.808. The molecule has 0 aliphatic heterocycles. The maximum Gasteiger partial charge on any atom is 0.173 e. The molecule has 0 spiro atoms. The number of halogens is 1. The molecule has 2 heterocycles. The van der Waals surface area contributed by atoms with Crippen LogP contribution in [-0.4, -0.2) is 16.5 Å². The van der Waals surface area contributed by atoms with Crippen LogP contribution in [0.5, 0.6) is 0 Å². The monoisotopic (exact) mass is 339 g/mol. The molecule has 0 unspecified atom stereocenters. The standard InChI is InChI=1S/C14H18BrN3S/c1-4-7-16-13-9(3)11(5-2)17-14(18-13)12-10(15)6-8-19-12/h6,8H,4-5,7H2,1-3H3,(H,16,17,18). The molecule has 0 radical (unpaired) electrons. The number of aromatic nitrogens is 2. The smallest absolute Gasteiger partial charge is 0.173 e. The zero-order valence-electron chi connectivity index (χ0n) is 11.5. The van der Waals surface area contributed by atoms with E-state index in [1.54, 1.807) is 11.3 Å². The first-order chi connectivity index (χ1) is 9.17. The van der Waals surface area contributed by atoms with E-state index in [0.29, 0.717) is 0 Å². The van der Waals surface area contributed by atoms with E-state index in [4.69, 9.17) is 4.98 Å². The molecule has 1 N–H and O–H groups in total. The molecule has 0 saturated carbocycles. The van der Waals surface area contributed by atoms with E-state index in [1.165, 1.54) is 0 Å². The number of hydrogen-bond donors (Lipinski definition) is 1. The van der Waals surface area contributed by atoms with Crippen LogP contribution >= 0.6 is 27.3 Å². The van der Waals surface area contributed by atoms with Crippen molar-refractivity contribution in [3.63, 3.8) is 0 Å². The highest BCUT2D eigenvalue weighted by Crippen LogP contribution is 2.32. The van der Waals surface area contributed by atoms with E-state index in [2.05, 4.69) is 47.0 Å². The zero-order chi connectivity index (χ0) is 13.8. The summed E-state index contributed by atoms with van der Waals surface area (Å²) in [5.41, 5.74) is 2.27. The lowest BCUT2D eigenvalue weighted by Crippen LogP contribution is -2.08. The summed E-state index contributed by atoms with van der Waals surface area (Å²) in [6, 6.07) is 2.04. The van der Waals surface area contributed by atoms with Crippen LogP contribution in [-0.2, 0) is 6.42 Å². The van der Waals surface area contributed by atoms with Gasteiger partial charge in [-0.25, -0.2) is 9.97 Å². The van der Waals surface area contributed by atoms with E-state index < -0.39 is 0 Å². The number of anilines is 1. The summed E-state index contributed by atoms with van der Waals surface area (Å²) in [4.78, 5) is 10.5. The van der Waals surface area contributed by atoms with Gasteiger partial charge in [0.1, 0.15) is 5.82 Å². The van der Waals surface area contributed by atoms with Crippen LogP contribution in [0, 0.1) is 6.92 Å². The molecule has 0 amide bonds. The van der Waals surface area contributed by atoms with Crippen LogP contribution in [0.3, 0.4) is 0 Å². The summed E-state index contributed by atoms with van der Waals surface area (Å²) in [7, 11) is 0. The Morgan fingerprint density at radius 3 is 2.68 bits per heavy atom. The van der Waals surface area contributed by atoms with Gasteiger partial charge in [0.05, 0.1) is 4.88 Å². The van der Waals surface area contributed by atoms with E-state index in [0.717, 1.165) is 51.6 Å². The van der Waals surface area contributed by atoms with Gasteiger partial charge in [-0.1, -0.05) is 13.8 Å². The van der Waals surface area contributed by atoms with Gasteiger partial charge >= 0.3 is 0 Å². The molecule has 0 fully saturated rings. The zero-order valence-corrected chi connectivity index (χ0v) is 13.9. The van der Waals surface area contributed by atoms with Gasteiger partial charge in [-0.05, 0) is 47.1 Å². The third-order valence-electron chi connectivity index (χ3n) is 2.94. The van der Waals surface area contributed by atoms with Gasteiger partial charge in [-0.2, -0.15) is 0 Å². The van der Waals surface area contributed by atoms with Crippen LogP contribution in [0.2, 0.25) is 0 Å². The first-order valence-corrected chi connectivity index (χ1v) is 8.19. The van der Waals surface area contributed by atoms with Gasteiger partial charge in [0.2, 0.25) is 0 Å². The van der Waals surface area contributed by atoms with Crippen molar-refractivity contribution in [1.82, 2.24) is 9.97 Å². The van der Waals surface area contributed by atoms with Crippen molar-refractivity contribution in [3.8, 4) is 10.7 Å². The summed E-state index contributed by atoms with van der Waals surface area (Å²) in [6.07, 6.45) is 2.01.